The Hall–Kier alpha value is -3.22. The lowest BCUT2D eigenvalue weighted by Crippen LogP contribution is -2.21. The first-order chi connectivity index (χ1) is 12.9. The molecular weight excluding hydrogens is 350 g/mol. The first kappa shape index (κ1) is 20.1. The lowest BCUT2D eigenvalue weighted by atomic mass is 10.1. The highest BCUT2D eigenvalue weighted by atomic mass is 16.5. The van der Waals surface area contributed by atoms with Gasteiger partial charge in [0.05, 0.1) is 21.3 Å². The van der Waals surface area contributed by atoms with Crippen LogP contribution in [0.1, 0.15) is 21.5 Å². The summed E-state index contributed by atoms with van der Waals surface area (Å²) in [4.78, 5) is 24.5. The Morgan fingerprint density at radius 2 is 1.52 bits per heavy atom. The van der Waals surface area contributed by atoms with Gasteiger partial charge in [-0.15, -0.1) is 0 Å². The molecule has 0 aliphatic rings. The van der Waals surface area contributed by atoms with Crippen molar-refractivity contribution in [2.24, 2.45) is 0 Å². The van der Waals surface area contributed by atoms with Crippen LogP contribution in [0.15, 0.2) is 30.3 Å². The van der Waals surface area contributed by atoms with Gasteiger partial charge in [-0.3, -0.25) is 4.79 Å². The Balaban J connectivity index is 2.08. The van der Waals surface area contributed by atoms with Gasteiger partial charge in [0.2, 0.25) is 0 Å². The zero-order chi connectivity index (χ0) is 20.0. The third-order valence-electron chi connectivity index (χ3n) is 3.93. The Morgan fingerprint density at radius 1 is 0.889 bits per heavy atom. The number of rotatable bonds is 7. The molecule has 0 spiro atoms. The van der Waals surface area contributed by atoms with Gasteiger partial charge < -0.3 is 24.3 Å². The van der Waals surface area contributed by atoms with Crippen LogP contribution in [-0.4, -0.2) is 39.8 Å². The maximum absolute atomic E-state index is 12.4. The summed E-state index contributed by atoms with van der Waals surface area (Å²) in [6, 6.07) is 8.68. The van der Waals surface area contributed by atoms with Gasteiger partial charge in [0.1, 0.15) is 11.3 Å². The molecule has 0 aliphatic heterocycles. The van der Waals surface area contributed by atoms with Crippen LogP contribution in [0, 0.1) is 13.8 Å². The molecule has 144 valence electrons. The molecule has 27 heavy (non-hydrogen) atoms. The second kappa shape index (κ2) is 8.93. The fourth-order valence-electron chi connectivity index (χ4n) is 2.45. The minimum Gasteiger partial charge on any atom is -0.496 e. The van der Waals surface area contributed by atoms with E-state index >= 15 is 0 Å². The van der Waals surface area contributed by atoms with E-state index in [-0.39, 0.29) is 11.3 Å². The molecule has 2 rings (SSSR count). The molecule has 2 aromatic carbocycles. The van der Waals surface area contributed by atoms with Crippen LogP contribution in [0.4, 0.5) is 5.69 Å². The van der Waals surface area contributed by atoms with Crippen molar-refractivity contribution in [2.75, 3.05) is 33.3 Å². The largest absolute Gasteiger partial charge is 0.496 e. The summed E-state index contributed by atoms with van der Waals surface area (Å²) in [5.41, 5.74) is 2.75. The summed E-state index contributed by atoms with van der Waals surface area (Å²) in [6.07, 6.45) is 0. The van der Waals surface area contributed by atoms with Crippen LogP contribution < -0.4 is 19.5 Å². The Labute approximate surface area is 158 Å². The Bertz CT molecular complexity index is 847. The van der Waals surface area contributed by atoms with E-state index in [0.717, 1.165) is 11.1 Å². The maximum atomic E-state index is 12.4. The number of amides is 1. The Morgan fingerprint density at radius 3 is 2.15 bits per heavy atom. The molecule has 7 nitrogen and oxygen atoms in total. The van der Waals surface area contributed by atoms with E-state index in [1.54, 1.807) is 0 Å². The van der Waals surface area contributed by atoms with Crippen molar-refractivity contribution < 1.29 is 28.5 Å². The van der Waals surface area contributed by atoms with Gasteiger partial charge in [-0.2, -0.15) is 0 Å². The van der Waals surface area contributed by atoms with E-state index in [0.29, 0.717) is 17.2 Å². The topological polar surface area (TPSA) is 83.1 Å². The van der Waals surface area contributed by atoms with E-state index in [4.69, 9.17) is 18.9 Å². The molecule has 0 aromatic heterocycles. The average molecular weight is 373 g/mol. The van der Waals surface area contributed by atoms with Crippen LogP contribution in [0.2, 0.25) is 0 Å². The number of nitrogens with one attached hydrogen (secondary N) is 1. The molecule has 0 radical (unpaired) electrons. The highest BCUT2D eigenvalue weighted by Crippen LogP contribution is 2.34. The van der Waals surface area contributed by atoms with Crippen LogP contribution in [0.25, 0.3) is 0 Å². The number of carbonyl (C=O) groups excluding carboxylic acids is 2. The van der Waals surface area contributed by atoms with Crippen LogP contribution in [-0.2, 0) is 9.53 Å². The van der Waals surface area contributed by atoms with Crippen molar-refractivity contribution in [3.8, 4) is 17.2 Å². The minimum atomic E-state index is -0.705. The molecule has 0 saturated heterocycles. The second-order valence-corrected chi connectivity index (χ2v) is 5.85. The molecule has 1 amide bonds. The molecular formula is C20H23NO6. The third-order valence-corrected chi connectivity index (χ3v) is 3.93. The smallest absolute Gasteiger partial charge is 0.342 e. The third kappa shape index (κ3) is 4.91. The predicted octanol–water partition coefficient (Wildman–Crippen LogP) is 3.12. The number of methoxy groups -OCH3 is 3. The van der Waals surface area contributed by atoms with Crippen molar-refractivity contribution >= 4 is 17.6 Å². The molecule has 1 N–H and O–H groups in total. The van der Waals surface area contributed by atoms with E-state index in [1.165, 1.54) is 33.5 Å². The standard InChI is InChI=1S/C20H23NO6/c1-12-6-7-13(2)15(8-12)21-19(22)11-27-20(23)14-9-17(25-4)18(26-5)10-16(14)24-3/h6-10H,11H2,1-5H3,(H,21,22). The summed E-state index contributed by atoms with van der Waals surface area (Å²) >= 11 is 0. The molecule has 2 aromatic rings. The molecule has 7 heteroatoms. The van der Waals surface area contributed by atoms with Gasteiger partial charge in [0.15, 0.2) is 18.1 Å². The lowest BCUT2D eigenvalue weighted by Gasteiger charge is -2.14. The number of carbonyl (C=O) groups is 2. The highest BCUT2D eigenvalue weighted by Gasteiger charge is 2.20. The van der Waals surface area contributed by atoms with Crippen molar-refractivity contribution in [1.82, 2.24) is 0 Å². The normalized spacial score (nSPS) is 10.1. The molecule has 0 bridgehead atoms. The van der Waals surface area contributed by atoms with E-state index in [2.05, 4.69) is 5.32 Å². The van der Waals surface area contributed by atoms with Crippen molar-refractivity contribution in [1.29, 1.82) is 0 Å². The fraction of sp³-hybridized carbons (Fsp3) is 0.300. The van der Waals surface area contributed by atoms with Crippen LogP contribution >= 0.6 is 0 Å². The molecule has 0 heterocycles. The zero-order valence-electron chi connectivity index (χ0n) is 16.0. The Kier molecular flexibility index (Phi) is 6.65. The lowest BCUT2D eigenvalue weighted by molar-refractivity contribution is -0.119. The van der Waals surface area contributed by atoms with Crippen molar-refractivity contribution in [3.63, 3.8) is 0 Å². The van der Waals surface area contributed by atoms with Crippen molar-refractivity contribution in [3.05, 3.63) is 47.0 Å². The van der Waals surface area contributed by atoms with Gasteiger partial charge in [0.25, 0.3) is 5.91 Å². The second-order valence-electron chi connectivity index (χ2n) is 5.85. The number of ether oxygens (including phenoxy) is 4. The first-order valence-corrected chi connectivity index (χ1v) is 8.23. The highest BCUT2D eigenvalue weighted by molar-refractivity contribution is 5.97. The minimum absolute atomic E-state index is 0.134. The molecule has 0 fully saturated rings. The van der Waals surface area contributed by atoms with Gasteiger partial charge >= 0.3 is 5.97 Å². The summed E-state index contributed by atoms with van der Waals surface area (Å²) in [6.45, 7) is 3.39. The maximum Gasteiger partial charge on any atom is 0.342 e. The molecule has 0 unspecified atom stereocenters. The fourth-order valence-corrected chi connectivity index (χ4v) is 2.45. The molecule has 0 atom stereocenters. The number of hydrogen-bond donors (Lipinski definition) is 1. The average Bonchev–Trinajstić information content (AvgIpc) is 2.67. The van der Waals surface area contributed by atoms with Gasteiger partial charge in [-0.25, -0.2) is 4.79 Å². The number of hydrogen-bond acceptors (Lipinski definition) is 6. The monoisotopic (exact) mass is 373 g/mol. The summed E-state index contributed by atoms with van der Waals surface area (Å²) < 4.78 is 20.7. The first-order valence-electron chi connectivity index (χ1n) is 8.23. The van der Waals surface area contributed by atoms with E-state index in [9.17, 15) is 9.59 Å². The molecule has 0 saturated carbocycles. The number of benzene rings is 2. The molecule has 0 aliphatic carbocycles. The zero-order valence-corrected chi connectivity index (χ0v) is 16.0. The quantitative estimate of drug-likeness (QED) is 0.751. The summed E-state index contributed by atoms with van der Waals surface area (Å²) in [5, 5.41) is 2.74. The predicted molar refractivity (Wildman–Crippen MR) is 101 cm³/mol. The van der Waals surface area contributed by atoms with E-state index in [1.807, 2.05) is 32.0 Å². The summed E-state index contributed by atoms with van der Waals surface area (Å²) in [5.74, 6) is -0.114. The van der Waals surface area contributed by atoms with Gasteiger partial charge in [-0.1, -0.05) is 12.1 Å². The summed E-state index contributed by atoms with van der Waals surface area (Å²) in [7, 11) is 4.36. The SMILES string of the molecule is COc1cc(OC)c(C(=O)OCC(=O)Nc2cc(C)ccc2C)cc1OC. The number of esters is 1. The van der Waals surface area contributed by atoms with Gasteiger partial charge in [-0.05, 0) is 31.0 Å². The van der Waals surface area contributed by atoms with E-state index < -0.39 is 18.5 Å². The van der Waals surface area contributed by atoms with Crippen LogP contribution in [0.5, 0.6) is 17.2 Å². The van der Waals surface area contributed by atoms with Crippen molar-refractivity contribution in [2.45, 2.75) is 13.8 Å². The number of anilines is 1. The number of aryl methyl sites for hydroxylation is 2. The van der Waals surface area contributed by atoms with Gasteiger partial charge in [0, 0.05) is 17.8 Å². The van der Waals surface area contributed by atoms with Crippen LogP contribution in [0.3, 0.4) is 0 Å².